The predicted molar refractivity (Wildman–Crippen MR) is 72.6 cm³/mol. The van der Waals surface area contributed by atoms with Gasteiger partial charge in [0.25, 0.3) is 0 Å². The average molecular weight is 219 g/mol. The van der Waals surface area contributed by atoms with Crippen LogP contribution in [-0.2, 0) is 0 Å². The topological polar surface area (TPSA) is 12.0 Å². The molecule has 0 spiro atoms. The number of rotatable bonds is 8. The third-order valence-corrected chi connectivity index (χ3v) is 2.88. The highest BCUT2D eigenvalue weighted by molar-refractivity contribution is 5.23. The lowest BCUT2D eigenvalue weighted by atomic mass is 10.1. The molecule has 1 rings (SSSR count). The Kier molecular flexibility index (Phi) is 7.79. The van der Waals surface area contributed by atoms with Crippen LogP contribution in [0.3, 0.4) is 0 Å². The molecule has 1 aliphatic rings. The average Bonchev–Trinajstić information content (AvgIpc) is 2.56. The molecule has 1 heteroatoms. The summed E-state index contributed by atoms with van der Waals surface area (Å²) in [6.45, 7) is 4.47. The Balaban J connectivity index is 1.96. The van der Waals surface area contributed by atoms with Crippen LogP contribution in [0.2, 0.25) is 0 Å². The fourth-order valence-electron chi connectivity index (χ4n) is 1.86. The lowest BCUT2D eigenvalue weighted by Gasteiger charge is -2.06. The molecule has 0 aromatic rings. The molecule has 1 nitrogen and oxygen atoms in total. The largest absolute Gasteiger partial charge is 0.313 e. The quantitative estimate of drug-likeness (QED) is 0.609. The maximum Gasteiger partial charge on any atom is 0.0170 e. The van der Waals surface area contributed by atoms with Gasteiger partial charge in [-0.25, -0.2) is 0 Å². The molecular formula is C15H25N. The lowest BCUT2D eigenvalue weighted by molar-refractivity contribution is 0.596. The van der Waals surface area contributed by atoms with Crippen LogP contribution in [0, 0.1) is 0 Å². The molecule has 0 bridgehead atoms. The van der Waals surface area contributed by atoms with Gasteiger partial charge in [-0.3, -0.25) is 0 Å². The van der Waals surface area contributed by atoms with Crippen molar-refractivity contribution < 1.29 is 0 Å². The van der Waals surface area contributed by atoms with E-state index in [4.69, 9.17) is 0 Å². The Labute approximate surface area is 100 Å². The van der Waals surface area contributed by atoms with Gasteiger partial charge in [0, 0.05) is 6.54 Å². The van der Waals surface area contributed by atoms with Crippen molar-refractivity contribution in [2.24, 2.45) is 0 Å². The van der Waals surface area contributed by atoms with E-state index in [1.165, 1.54) is 37.7 Å². The molecule has 0 fully saturated rings. The zero-order valence-electron chi connectivity index (χ0n) is 10.5. The third kappa shape index (κ3) is 6.62. The molecule has 16 heavy (non-hydrogen) atoms. The Bertz CT molecular complexity index is 248. The highest BCUT2D eigenvalue weighted by Gasteiger charge is 1.95. The molecule has 0 aromatic carbocycles. The summed E-state index contributed by atoms with van der Waals surface area (Å²) >= 11 is 0. The molecular weight excluding hydrogens is 194 g/mol. The molecule has 0 radical (unpaired) electrons. The summed E-state index contributed by atoms with van der Waals surface area (Å²) in [5.74, 6) is 0. The van der Waals surface area contributed by atoms with Crippen LogP contribution in [0.4, 0.5) is 0 Å². The van der Waals surface area contributed by atoms with E-state index in [1.807, 2.05) is 0 Å². The summed E-state index contributed by atoms with van der Waals surface area (Å²) in [7, 11) is 0. The molecule has 0 unspecified atom stereocenters. The minimum Gasteiger partial charge on any atom is -0.313 e. The first-order chi connectivity index (χ1) is 7.93. The Morgan fingerprint density at radius 1 is 1.06 bits per heavy atom. The Morgan fingerprint density at radius 3 is 2.81 bits per heavy atom. The molecule has 0 aliphatic heterocycles. The molecule has 0 aromatic heterocycles. The summed E-state index contributed by atoms with van der Waals surface area (Å²) in [6, 6.07) is 0. The fraction of sp³-hybridized carbons (Fsp3) is 0.600. The number of hydrogen-bond acceptors (Lipinski definition) is 1. The van der Waals surface area contributed by atoms with Crippen LogP contribution in [-0.4, -0.2) is 13.1 Å². The monoisotopic (exact) mass is 219 g/mol. The minimum absolute atomic E-state index is 1.04. The van der Waals surface area contributed by atoms with Crippen molar-refractivity contribution in [3.63, 3.8) is 0 Å². The summed E-state index contributed by atoms with van der Waals surface area (Å²) in [4.78, 5) is 0. The highest BCUT2D eigenvalue weighted by atomic mass is 14.8. The van der Waals surface area contributed by atoms with E-state index >= 15 is 0 Å². The standard InChI is InChI=1S/C15H25N/c1-2-3-4-7-10-13-16-14-15-11-8-5-6-9-12-15/h5-6,8-9,11,16H,2-4,7,10,12-14H2,1H3. The van der Waals surface area contributed by atoms with Crippen LogP contribution >= 0.6 is 0 Å². The first kappa shape index (κ1) is 13.2. The molecule has 0 saturated heterocycles. The van der Waals surface area contributed by atoms with Crippen molar-refractivity contribution >= 4 is 0 Å². The molecule has 1 aliphatic carbocycles. The van der Waals surface area contributed by atoms with Crippen LogP contribution in [0.5, 0.6) is 0 Å². The van der Waals surface area contributed by atoms with Gasteiger partial charge >= 0.3 is 0 Å². The number of allylic oxidation sites excluding steroid dienone is 5. The van der Waals surface area contributed by atoms with Gasteiger partial charge in [0.1, 0.15) is 0 Å². The van der Waals surface area contributed by atoms with Crippen molar-refractivity contribution in [3.05, 3.63) is 36.0 Å². The van der Waals surface area contributed by atoms with Crippen molar-refractivity contribution in [2.45, 2.75) is 45.4 Å². The summed E-state index contributed by atoms with van der Waals surface area (Å²) in [5, 5.41) is 3.52. The third-order valence-electron chi connectivity index (χ3n) is 2.88. The zero-order valence-corrected chi connectivity index (χ0v) is 10.5. The van der Waals surface area contributed by atoms with Crippen molar-refractivity contribution in [1.82, 2.24) is 5.32 Å². The number of hydrogen-bond donors (Lipinski definition) is 1. The molecule has 0 heterocycles. The number of nitrogens with one attached hydrogen (secondary N) is 1. The smallest absolute Gasteiger partial charge is 0.0170 e. The van der Waals surface area contributed by atoms with Gasteiger partial charge in [-0.15, -0.1) is 0 Å². The molecule has 90 valence electrons. The van der Waals surface area contributed by atoms with Gasteiger partial charge in [0.05, 0.1) is 0 Å². The maximum absolute atomic E-state index is 3.52. The molecule has 0 atom stereocenters. The molecule has 1 N–H and O–H groups in total. The van der Waals surface area contributed by atoms with E-state index in [0.29, 0.717) is 0 Å². The van der Waals surface area contributed by atoms with Gasteiger partial charge in [0.2, 0.25) is 0 Å². The van der Waals surface area contributed by atoms with Gasteiger partial charge in [0.15, 0.2) is 0 Å². The fourth-order valence-corrected chi connectivity index (χ4v) is 1.86. The lowest BCUT2D eigenvalue weighted by Crippen LogP contribution is -2.18. The zero-order chi connectivity index (χ0) is 11.5. The minimum atomic E-state index is 1.04. The first-order valence-corrected chi connectivity index (χ1v) is 6.65. The maximum atomic E-state index is 3.52. The second kappa shape index (κ2) is 9.41. The van der Waals surface area contributed by atoms with E-state index in [0.717, 1.165) is 19.5 Å². The van der Waals surface area contributed by atoms with Gasteiger partial charge in [-0.2, -0.15) is 0 Å². The van der Waals surface area contributed by atoms with E-state index < -0.39 is 0 Å². The van der Waals surface area contributed by atoms with E-state index in [-0.39, 0.29) is 0 Å². The first-order valence-electron chi connectivity index (χ1n) is 6.65. The number of unbranched alkanes of at least 4 members (excludes halogenated alkanes) is 4. The van der Waals surface area contributed by atoms with Gasteiger partial charge < -0.3 is 5.32 Å². The van der Waals surface area contributed by atoms with E-state index in [9.17, 15) is 0 Å². The van der Waals surface area contributed by atoms with Crippen molar-refractivity contribution in [1.29, 1.82) is 0 Å². The SMILES string of the molecule is CCCCCCCNCC1=CC=CC=CC1. The van der Waals surface area contributed by atoms with E-state index in [2.05, 4.69) is 42.6 Å². The van der Waals surface area contributed by atoms with Gasteiger partial charge in [-0.1, -0.05) is 68.6 Å². The van der Waals surface area contributed by atoms with Crippen molar-refractivity contribution in [3.8, 4) is 0 Å². The van der Waals surface area contributed by atoms with Crippen molar-refractivity contribution in [2.75, 3.05) is 13.1 Å². The van der Waals surface area contributed by atoms with E-state index in [1.54, 1.807) is 0 Å². The normalized spacial score (nSPS) is 14.9. The Hall–Kier alpha value is -0.820. The summed E-state index contributed by atoms with van der Waals surface area (Å²) in [5.41, 5.74) is 1.48. The second-order valence-corrected chi connectivity index (χ2v) is 4.43. The summed E-state index contributed by atoms with van der Waals surface area (Å²) < 4.78 is 0. The molecule has 0 saturated carbocycles. The Morgan fingerprint density at radius 2 is 1.94 bits per heavy atom. The molecule has 0 amide bonds. The highest BCUT2D eigenvalue weighted by Crippen LogP contribution is 2.06. The van der Waals surface area contributed by atoms with Crippen LogP contribution < -0.4 is 5.32 Å². The van der Waals surface area contributed by atoms with Gasteiger partial charge in [-0.05, 0) is 19.4 Å². The van der Waals surface area contributed by atoms with Crippen LogP contribution in [0.15, 0.2) is 36.0 Å². The second-order valence-electron chi connectivity index (χ2n) is 4.43. The summed E-state index contributed by atoms with van der Waals surface area (Å²) in [6.07, 6.45) is 18.7. The van der Waals surface area contributed by atoms with Crippen LogP contribution in [0.1, 0.15) is 45.4 Å². The van der Waals surface area contributed by atoms with Crippen LogP contribution in [0.25, 0.3) is 0 Å². The predicted octanol–water partition coefficient (Wildman–Crippen LogP) is 3.99.